The minimum absolute atomic E-state index is 0.0662. The first-order chi connectivity index (χ1) is 7.24. The molecule has 6 nitrogen and oxygen atoms in total. The average molecular weight is 245 g/mol. The van der Waals surface area contributed by atoms with E-state index in [1.165, 1.54) is 11.2 Å². The standard InChI is InChI=1S/C9H15N3O3S/c1-7(5-10)16(14,15)12-4-3-9(2,6-12)8(11)13/h7H,3-4,6H2,1-2H3,(H2,11,13). The van der Waals surface area contributed by atoms with Crippen LogP contribution in [-0.2, 0) is 14.8 Å². The number of nitriles is 1. The number of carbonyl (C=O) groups excluding carboxylic acids is 1. The maximum Gasteiger partial charge on any atom is 0.230 e. The van der Waals surface area contributed by atoms with Crippen LogP contribution in [0.3, 0.4) is 0 Å². The number of nitrogens with two attached hydrogens (primary N) is 1. The van der Waals surface area contributed by atoms with Gasteiger partial charge in [-0.1, -0.05) is 0 Å². The molecule has 7 heteroatoms. The van der Waals surface area contributed by atoms with E-state index in [0.29, 0.717) is 6.42 Å². The number of rotatable bonds is 3. The van der Waals surface area contributed by atoms with Crippen LogP contribution >= 0.6 is 0 Å². The van der Waals surface area contributed by atoms with E-state index in [1.54, 1.807) is 13.0 Å². The van der Waals surface area contributed by atoms with Crippen molar-refractivity contribution in [3.8, 4) is 6.07 Å². The normalized spacial score (nSPS) is 28.6. The van der Waals surface area contributed by atoms with Gasteiger partial charge in [-0.15, -0.1) is 0 Å². The molecule has 0 aromatic carbocycles. The molecular formula is C9H15N3O3S. The summed E-state index contributed by atoms with van der Waals surface area (Å²) in [5.41, 5.74) is 4.40. The lowest BCUT2D eigenvalue weighted by atomic mass is 9.89. The number of hydrogen-bond acceptors (Lipinski definition) is 4. The molecule has 2 N–H and O–H groups in total. The van der Waals surface area contributed by atoms with Gasteiger partial charge in [0, 0.05) is 13.1 Å². The maximum absolute atomic E-state index is 11.8. The summed E-state index contributed by atoms with van der Waals surface area (Å²) in [5.74, 6) is -0.505. The van der Waals surface area contributed by atoms with Crippen molar-refractivity contribution in [2.75, 3.05) is 13.1 Å². The average Bonchev–Trinajstić information content (AvgIpc) is 2.61. The molecule has 1 fully saturated rings. The number of hydrogen-bond donors (Lipinski definition) is 1. The van der Waals surface area contributed by atoms with Gasteiger partial charge in [-0.05, 0) is 20.3 Å². The van der Waals surface area contributed by atoms with Crippen molar-refractivity contribution in [3.63, 3.8) is 0 Å². The molecule has 1 aliphatic heterocycles. The van der Waals surface area contributed by atoms with Crippen LogP contribution in [0.2, 0.25) is 0 Å². The molecule has 0 aromatic rings. The summed E-state index contributed by atoms with van der Waals surface area (Å²) in [6.45, 7) is 3.28. The fourth-order valence-electron chi connectivity index (χ4n) is 1.63. The minimum atomic E-state index is -3.63. The summed E-state index contributed by atoms with van der Waals surface area (Å²) in [4.78, 5) is 11.2. The molecule has 0 radical (unpaired) electrons. The molecule has 1 heterocycles. The molecule has 0 saturated carbocycles. The van der Waals surface area contributed by atoms with E-state index in [4.69, 9.17) is 11.0 Å². The number of nitrogens with zero attached hydrogens (tertiary/aromatic N) is 2. The van der Waals surface area contributed by atoms with Gasteiger partial charge in [-0.2, -0.15) is 9.57 Å². The summed E-state index contributed by atoms with van der Waals surface area (Å²) in [6, 6.07) is 1.69. The quantitative estimate of drug-likeness (QED) is 0.718. The second-order valence-electron chi connectivity index (χ2n) is 4.32. The smallest absolute Gasteiger partial charge is 0.230 e. The summed E-state index contributed by atoms with van der Waals surface area (Å²) in [5, 5.41) is 7.53. The van der Waals surface area contributed by atoms with Gasteiger partial charge in [-0.25, -0.2) is 8.42 Å². The molecule has 2 unspecified atom stereocenters. The van der Waals surface area contributed by atoms with E-state index in [2.05, 4.69) is 0 Å². The zero-order valence-corrected chi connectivity index (χ0v) is 10.1. The first-order valence-corrected chi connectivity index (χ1v) is 6.43. The van der Waals surface area contributed by atoms with Gasteiger partial charge in [0.1, 0.15) is 0 Å². The fraction of sp³-hybridized carbons (Fsp3) is 0.778. The Morgan fingerprint density at radius 2 is 2.19 bits per heavy atom. The van der Waals surface area contributed by atoms with E-state index < -0.39 is 26.6 Å². The van der Waals surface area contributed by atoms with Crippen LogP contribution in [0, 0.1) is 16.7 Å². The summed E-state index contributed by atoms with van der Waals surface area (Å²) in [6.07, 6.45) is 0.402. The Morgan fingerprint density at radius 3 is 2.56 bits per heavy atom. The van der Waals surface area contributed by atoms with Crippen molar-refractivity contribution in [1.29, 1.82) is 5.26 Å². The Kier molecular flexibility index (Phi) is 3.26. The Morgan fingerprint density at radius 1 is 1.62 bits per heavy atom. The monoisotopic (exact) mass is 245 g/mol. The lowest BCUT2D eigenvalue weighted by molar-refractivity contribution is -0.126. The first kappa shape index (κ1) is 12.9. The highest BCUT2D eigenvalue weighted by Gasteiger charge is 2.44. The fourth-order valence-corrected chi connectivity index (χ4v) is 3.02. The zero-order chi connectivity index (χ0) is 12.6. The van der Waals surface area contributed by atoms with Crippen molar-refractivity contribution in [3.05, 3.63) is 0 Å². The van der Waals surface area contributed by atoms with Crippen molar-refractivity contribution in [1.82, 2.24) is 4.31 Å². The molecule has 0 aliphatic carbocycles. The van der Waals surface area contributed by atoms with Crippen molar-refractivity contribution in [2.45, 2.75) is 25.5 Å². The zero-order valence-electron chi connectivity index (χ0n) is 9.30. The topological polar surface area (TPSA) is 104 Å². The van der Waals surface area contributed by atoms with Crippen LogP contribution in [0.1, 0.15) is 20.3 Å². The Hall–Kier alpha value is -1.13. The Bertz CT molecular complexity index is 439. The molecule has 1 saturated heterocycles. The van der Waals surface area contributed by atoms with Crippen LogP contribution in [-0.4, -0.2) is 37.0 Å². The molecule has 0 bridgehead atoms. The number of amides is 1. The number of sulfonamides is 1. The van der Waals surface area contributed by atoms with E-state index in [0.717, 1.165) is 0 Å². The van der Waals surface area contributed by atoms with Gasteiger partial charge >= 0.3 is 0 Å². The Labute approximate surface area is 95.1 Å². The molecule has 0 spiro atoms. The summed E-state index contributed by atoms with van der Waals surface area (Å²) >= 11 is 0. The third kappa shape index (κ3) is 2.03. The third-order valence-electron chi connectivity index (χ3n) is 3.02. The largest absolute Gasteiger partial charge is 0.369 e. The number of primary amides is 1. The van der Waals surface area contributed by atoms with Crippen LogP contribution in [0.4, 0.5) is 0 Å². The summed E-state index contributed by atoms with van der Waals surface area (Å²) in [7, 11) is -3.63. The molecule has 1 rings (SSSR count). The minimum Gasteiger partial charge on any atom is -0.369 e. The molecule has 16 heavy (non-hydrogen) atoms. The lowest BCUT2D eigenvalue weighted by Gasteiger charge is -2.21. The SMILES string of the molecule is CC(C#N)S(=O)(=O)N1CCC(C)(C(N)=O)C1. The van der Waals surface area contributed by atoms with Crippen LogP contribution in [0.15, 0.2) is 0 Å². The maximum atomic E-state index is 11.8. The van der Waals surface area contributed by atoms with Gasteiger partial charge in [0.05, 0.1) is 11.5 Å². The van der Waals surface area contributed by atoms with Gasteiger partial charge in [0.2, 0.25) is 15.9 Å². The third-order valence-corrected chi connectivity index (χ3v) is 5.05. The van der Waals surface area contributed by atoms with E-state index in [-0.39, 0.29) is 13.1 Å². The van der Waals surface area contributed by atoms with Crippen LogP contribution in [0.25, 0.3) is 0 Å². The van der Waals surface area contributed by atoms with Gasteiger partial charge in [-0.3, -0.25) is 4.79 Å². The molecule has 90 valence electrons. The molecule has 1 amide bonds. The predicted octanol–water partition coefficient (Wildman–Crippen LogP) is -0.574. The van der Waals surface area contributed by atoms with Crippen molar-refractivity contribution >= 4 is 15.9 Å². The van der Waals surface area contributed by atoms with Gasteiger partial charge in [0.25, 0.3) is 0 Å². The molecule has 1 aliphatic rings. The van der Waals surface area contributed by atoms with Crippen molar-refractivity contribution < 1.29 is 13.2 Å². The highest BCUT2D eigenvalue weighted by atomic mass is 32.2. The lowest BCUT2D eigenvalue weighted by Crippen LogP contribution is -2.40. The predicted molar refractivity (Wildman–Crippen MR) is 57.5 cm³/mol. The second-order valence-corrected chi connectivity index (χ2v) is 6.58. The highest BCUT2D eigenvalue weighted by Crippen LogP contribution is 2.32. The van der Waals surface area contributed by atoms with E-state index in [9.17, 15) is 13.2 Å². The van der Waals surface area contributed by atoms with E-state index in [1.807, 2.05) is 0 Å². The van der Waals surface area contributed by atoms with E-state index >= 15 is 0 Å². The van der Waals surface area contributed by atoms with Crippen molar-refractivity contribution in [2.24, 2.45) is 11.1 Å². The van der Waals surface area contributed by atoms with Gasteiger partial charge < -0.3 is 5.73 Å². The number of carbonyl (C=O) groups is 1. The molecule has 0 aromatic heterocycles. The van der Waals surface area contributed by atoms with Crippen LogP contribution < -0.4 is 5.73 Å². The van der Waals surface area contributed by atoms with Crippen LogP contribution in [0.5, 0.6) is 0 Å². The summed E-state index contributed by atoms with van der Waals surface area (Å²) < 4.78 is 24.8. The Balaban J connectivity index is 2.90. The molecule has 2 atom stereocenters. The highest BCUT2D eigenvalue weighted by molar-refractivity contribution is 7.90. The molecular weight excluding hydrogens is 230 g/mol. The first-order valence-electron chi connectivity index (χ1n) is 4.92. The second kappa shape index (κ2) is 4.03. The van der Waals surface area contributed by atoms with Gasteiger partial charge in [0.15, 0.2) is 5.25 Å².